The lowest BCUT2D eigenvalue weighted by Gasteiger charge is -2.05. The molecule has 0 N–H and O–H groups in total. The van der Waals surface area contributed by atoms with Crippen LogP contribution < -0.4 is 4.80 Å². The third-order valence-electron chi connectivity index (χ3n) is 4.23. The van der Waals surface area contributed by atoms with E-state index in [-0.39, 0.29) is 5.91 Å². The molecule has 3 nitrogen and oxygen atoms in total. The first kappa shape index (κ1) is 17.4. The molecule has 0 aliphatic rings. The highest BCUT2D eigenvalue weighted by Gasteiger charge is 2.12. The molecule has 1 heterocycles. The Kier molecular flexibility index (Phi) is 4.73. The fraction of sp³-hybridized carbons (Fsp3) is 0.238. The molecule has 0 unspecified atom stereocenters. The molecule has 1 amide bonds. The topological polar surface area (TPSA) is 34.4 Å². The average Bonchev–Trinajstić information content (AvgIpc) is 2.85. The molecular weight excluding hydrogens is 328 g/mol. The van der Waals surface area contributed by atoms with E-state index in [9.17, 15) is 4.79 Å². The molecule has 25 heavy (non-hydrogen) atoms. The van der Waals surface area contributed by atoms with Gasteiger partial charge in [0.1, 0.15) is 0 Å². The van der Waals surface area contributed by atoms with Crippen molar-refractivity contribution in [1.82, 2.24) is 4.57 Å². The number of amides is 1. The number of carbonyl (C=O) groups excluding carboxylic acids is 1. The van der Waals surface area contributed by atoms with Crippen molar-refractivity contribution < 1.29 is 4.79 Å². The number of rotatable bonds is 3. The highest BCUT2D eigenvalue weighted by Crippen LogP contribution is 2.23. The van der Waals surface area contributed by atoms with E-state index in [2.05, 4.69) is 42.1 Å². The molecule has 3 aromatic rings. The fourth-order valence-electron chi connectivity index (χ4n) is 3.18. The standard InChI is InChI=1S/C21H22N2OS/c1-6-9-23-19-16(5)11-14(3)12-18(19)25-21(23)22-20(24)17-8-7-13(2)10-15(17)4/h6-8,10-12H,1,9H2,2-5H3. The van der Waals surface area contributed by atoms with E-state index in [0.29, 0.717) is 16.9 Å². The van der Waals surface area contributed by atoms with Crippen molar-refractivity contribution in [2.75, 3.05) is 0 Å². The minimum atomic E-state index is -0.198. The summed E-state index contributed by atoms with van der Waals surface area (Å²) in [7, 11) is 0. The molecule has 0 bridgehead atoms. The predicted octanol–water partition coefficient (Wildman–Crippen LogP) is 4.86. The molecule has 0 fully saturated rings. The van der Waals surface area contributed by atoms with E-state index in [1.54, 1.807) is 11.3 Å². The van der Waals surface area contributed by atoms with Crippen molar-refractivity contribution in [3.8, 4) is 0 Å². The molecule has 0 saturated carbocycles. The largest absolute Gasteiger partial charge is 0.312 e. The number of aryl methyl sites for hydroxylation is 4. The summed E-state index contributed by atoms with van der Waals surface area (Å²) in [6.07, 6.45) is 1.84. The van der Waals surface area contributed by atoms with Gasteiger partial charge in [0.05, 0.1) is 10.2 Å². The summed E-state index contributed by atoms with van der Waals surface area (Å²) >= 11 is 1.55. The molecule has 128 valence electrons. The minimum absolute atomic E-state index is 0.198. The fourth-order valence-corrected chi connectivity index (χ4v) is 4.39. The SMILES string of the molecule is C=CCn1c(=NC(=O)c2ccc(C)cc2C)sc2cc(C)cc(C)c21. The third kappa shape index (κ3) is 3.35. The molecule has 2 aromatic carbocycles. The van der Waals surface area contributed by atoms with E-state index >= 15 is 0 Å². The van der Waals surface area contributed by atoms with Crippen LogP contribution in [0.5, 0.6) is 0 Å². The van der Waals surface area contributed by atoms with Gasteiger partial charge in [0.25, 0.3) is 5.91 Å². The minimum Gasteiger partial charge on any atom is -0.312 e. The van der Waals surface area contributed by atoms with Crippen LogP contribution in [0.3, 0.4) is 0 Å². The van der Waals surface area contributed by atoms with Gasteiger partial charge in [0.15, 0.2) is 4.80 Å². The second kappa shape index (κ2) is 6.81. The Hall–Kier alpha value is -2.46. The third-order valence-corrected chi connectivity index (χ3v) is 5.26. The molecule has 1 aromatic heterocycles. The van der Waals surface area contributed by atoms with Crippen LogP contribution in [-0.4, -0.2) is 10.5 Å². The quantitative estimate of drug-likeness (QED) is 0.621. The van der Waals surface area contributed by atoms with Crippen LogP contribution in [0.1, 0.15) is 32.6 Å². The van der Waals surface area contributed by atoms with E-state index in [1.165, 1.54) is 11.1 Å². The number of aromatic nitrogens is 1. The highest BCUT2D eigenvalue weighted by atomic mass is 32.1. The van der Waals surface area contributed by atoms with Crippen molar-refractivity contribution in [1.29, 1.82) is 0 Å². The molecular formula is C21H22N2OS. The van der Waals surface area contributed by atoms with Gasteiger partial charge in [-0.05, 0) is 56.5 Å². The van der Waals surface area contributed by atoms with Crippen molar-refractivity contribution >= 4 is 27.5 Å². The van der Waals surface area contributed by atoms with Gasteiger partial charge < -0.3 is 4.57 Å². The van der Waals surface area contributed by atoms with E-state index in [1.807, 2.05) is 38.1 Å². The molecule has 0 radical (unpaired) electrons. The summed E-state index contributed by atoms with van der Waals surface area (Å²) in [5.74, 6) is -0.198. The molecule has 3 rings (SSSR count). The van der Waals surface area contributed by atoms with Gasteiger partial charge in [-0.2, -0.15) is 4.99 Å². The lowest BCUT2D eigenvalue weighted by molar-refractivity contribution is 0.0997. The Morgan fingerprint density at radius 2 is 1.84 bits per heavy atom. The van der Waals surface area contributed by atoms with Crippen molar-refractivity contribution in [2.45, 2.75) is 34.2 Å². The molecule has 0 atom stereocenters. The summed E-state index contributed by atoms with van der Waals surface area (Å²) in [5.41, 5.74) is 6.28. The number of carbonyl (C=O) groups is 1. The first-order valence-corrected chi connectivity index (χ1v) is 9.10. The van der Waals surface area contributed by atoms with Crippen molar-refractivity contribution in [3.05, 3.63) is 75.6 Å². The Morgan fingerprint density at radius 3 is 2.52 bits per heavy atom. The maximum Gasteiger partial charge on any atom is 0.279 e. The van der Waals surface area contributed by atoms with E-state index < -0.39 is 0 Å². The average molecular weight is 350 g/mol. The summed E-state index contributed by atoms with van der Waals surface area (Å²) in [6, 6.07) is 10.1. The number of hydrogen-bond donors (Lipinski definition) is 0. The van der Waals surface area contributed by atoms with Crippen LogP contribution >= 0.6 is 11.3 Å². The second-order valence-electron chi connectivity index (χ2n) is 6.45. The Morgan fingerprint density at radius 1 is 1.12 bits per heavy atom. The monoisotopic (exact) mass is 350 g/mol. The summed E-state index contributed by atoms with van der Waals surface area (Å²) < 4.78 is 3.22. The number of nitrogens with zero attached hydrogens (tertiary/aromatic N) is 2. The first-order valence-electron chi connectivity index (χ1n) is 8.28. The zero-order valence-electron chi connectivity index (χ0n) is 15.1. The number of hydrogen-bond acceptors (Lipinski definition) is 2. The second-order valence-corrected chi connectivity index (χ2v) is 7.46. The van der Waals surface area contributed by atoms with Gasteiger partial charge in [-0.3, -0.25) is 4.79 Å². The Balaban J connectivity index is 2.21. The molecule has 4 heteroatoms. The van der Waals surface area contributed by atoms with Gasteiger partial charge in [0.2, 0.25) is 0 Å². The number of fused-ring (bicyclic) bond motifs is 1. The zero-order chi connectivity index (χ0) is 18.1. The lowest BCUT2D eigenvalue weighted by Crippen LogP contribution is -2.17. The van der Waals surface area contributed by atoms with Gasteiger partial charge in [-0.1, -0.05) is 41.2 Å². The Labute approximate surface area is 152 Å². The van der Waals surface area contributed by atoms with Crippen LogP contribution in [-0.2, 0) is 6.54 Å². The zero-order valence-corrected chi connectivity index (χ0v) is 15.9. The summed E-state index contributed by atoms with van der Waals surface area (Å²) in [5, 5.41) is 0. The predicted molar refractivity (Wildman–Crippen MR) is 105 cm³/mol. The number of allylic oxidation sites excluding steroid dienone is 1. The van der Waals surface area contributed by atoms with E-state index in [0.717, 1.165) is 21.3 Å². The summed E-state index contributed by atoms with van der Waals surface area (Å²) in [4.78, 5) is 17.9. The number of thiazole rings is 1. The maximum atomic E-state index is 12.7. The maximum absolute atomic E-state index is 12.7. The van der Waals surface area contributed by atoms with Crippen LogP contribution in [0.15, 0.2) is 48.0 Å². The van der Waals surface area contributed by atoms with Crippen molar-refractivity contribution in [3.63, 3.8) is 0 Å². The van der Waals surface area contributed by atoms with Gasteiger partial charge in [-0.25, -0.2) is 0 Å². The van der Waals surface area contributed by atoms with Gasteiger partial charge in [0, 0.05) is 12.1 Å². The first-order chi connectivity index (χ1) is 11.9. The highest BCUT2D eigenvalue weighted by molar-refractivity contribution is 7.16. The van der Waals surface area contributed by atoms with Crippen LogP contribution in [0.25, 0.3) is 10.2 Å². The molecule has 0 aliphatic carbocycles. The summed E-state index contributed by atoms with van der Waals surface area (Å²) in [6.45, 7) is 12.6. The van der Waals surface area contributed by atoms with E-state index in [4.69, 9.17) is 0 Å². The van der Waals surface area contributed by atoms with Gasteiger partial charge in [-0.15, -0.1) is 6.58 Å². The lowest BCUT2D eigenvalue weighted by atomic mass is 10.1. The van der Waals surface area contributed by atoms with Crippen molar-refractivity contribution in [2.24, 2.45) is 4.99 Å². The molecule has 0 saturated heterocycles. The molecule has 0 aliphatic heterocycles. The molecule has 0 spiro atoms. The smallest absolute Gasteiger partial charge is 0.279 e. The van der Waals surface area contributed by atoms with Crippen LogP contribution in [0.4, 0.5) is 0 Å². The van der Waals surface area contributed by atoms with Crippen LogP contribution in [0.2, 0.25) is 0 Å². The Bertz CT molecular complexity index is 1050. The number of benzene rings is 2. The van der Waals surface area contributed by atoms with Gasteiger partial charge >= 0.3 is 0 Å². The van der Waals surface area contributed by atoms with Crippen LogP contribution in [0, 0.1) is 27.7 Å². The normalized spacial score (nSPS) is 11.9.